The normalized spacial score (nSPS) is 20.3. The lowest BCUT2D eigenvalue weighted by atomic mass is 9.90. The highest BCUT2D eigenvalue weighted by Gasteiger charge is 2.27. The second kappa shape index (κ2) is 11.5. The molecule has 1 aromatic carbocycles. The molecule has 0 fully saturated rings. The zero-order valence-corrected chi connectivity index (χ0v) is 16.3. The molecule has 1 unspecified atom stereocenters. The Morgan fingerprint density at radius 3 is 2.89 bits per heavy atom. The number of rotatable bonds is 11. The second-order valence-corrected chi connectivity index (χ2v) is 7.10. The van der Waals surface area contributed by atoms with Gasteiger partial charge in [0.2, 0.25) is 0 Å². The van der Waals surface area contributed by atoms with E-state index in [4.69, 9.17) is 21.4 Å². The largest absolute Gasteiger partial charge is 0.491 e. The Hall–Kier alpha value is -2.37. The highest BCUT2D eigenvalue weighted by Crippen LogP contribution is 2.27. The van der Waals surface area contributed by atoms with Crippen molar-refractivity contribution in [2.75, 3.05) is 6.61 Å². The van der Waals surface area contributed by atoms with Crippen LogP contribution in [0.2, 0.25) is 5.02 Å². The molecule has 1 aliphatic carbocycles. The van der Waals surface area contributed by atoms with Crippen LogP contribution < -0.4 is 4.74 Å². The van der Waals surface area contributed by atoms with E-state index < -0.39 is 12.1 Å². The number of carbonyl (C=O) groups is 2. The number of hydrogen-bond donors (Lipinski definition) is 2. The number of aliphatic carboxylic acids is 1. The summed E-state index contributed by atoms with van der Waals surface area (Å²) in [5, 5.41) is 19.3. The maximum Gasteiger partial charge on any atom is 0.303 e. The van der Waals surface area contributed by atoms with Gasteiger partial charge in [-0.3, -0.25) is 9.59 Å². The van der Waals surface area contributed by atoms with Gasteiger partial charge in [0.15, 0.2) is 5.78 Å². The number of carboxylic acid groups (broad SMARTS) is 1. The average molecular weight is 405 g/mol. The Bertz CT molecular complexity index is 753. The highest BCUT2D eigenvalue weighted by atomic mass is 35.5. The summed E-state index contributed by atoms with van der Waals surface area (Å²) in [6, 6.07) is 6.96. The van der Waals surface area contributed by atoms with Crippen LogP contribution in [0.15, 0.2) is 60.7 Å². The third kappa shape index (κ3) is 7.71. The molecular weight excluding hydrogens is 380 g/mol. The molecule has 5 nitrogen and oxygen atoms in total. The van der Waals surface area contributed by atoms with Crippen molar-refractivity contribution in [1.82, 2.24) is 0 Å². The van der Waals surface area contributed by atoms with Gasteiger partial charge in [-0.25, -0.2) is 0 Å². The zero-order chi connectivity index (χ0) is 20.4. The van der Waals surface area contributed by atoms with Gasteiger partial charge in [0.1, 0.15) is 18.5 Å². The Morgan fingerprint density at radius 2 is 2.14 bits per heavy atom. The van der Waals surface area contributed by atoms with Gasteiger partial charge in [-0.2, -0.15) is 0 Å². The summed E-state index contributed by atoms with van der Waals surface area (Å²) in [6.07, 6.45) is 11.9. The monoisotopic (exact) mass is 404 g/mol. The molecule has 1 aliphatic rings. The minimum Gasteiger partial charge on any atom is -0.491 e. The Kier molecular flexibility index (Phi) is 8.98. The van der Waals surface area contributed by atoms with Crippen LogP contribution in [0.5, 0.6) is 5.75 Å². The van der Waals surface area contributed by atoms with E-state index >= 15 is 0 Å². The molecule has 28 heavy (non-hydrogen) atoms. The van der Waals surface area contributed by atoms with Crippen LogP contribution in [0.4, 0.5) is 0 Å². The first-order chi connectivity index (χ1) is 13.5. The first kappa shape index (κ1) is 21.9. The number of halogens is 1. The topological polar surface area (TPSA) is 83.8 Å². The molecule has 150 valence electrons. The molecule has 3 atom stereocenters. The van der Waals surface area contributed by atoms with Gasteiger partial charge in [0.05, 0.1) is 0 Å². The summed E-state index contributed by atoms with van der Waals surface area (Å²) in [5.74, 6) is -0.409. The molecule has 0 radical (unpaired) electrons. The number of aliphatic hydroxyl groups is 1. The molecule has 0 spiro atoms. The van der Waals surface area contributed by atoms with Crippen molar-refractivity contribution < 1.29 is 24.5 Å². The van der Waals surface area contributed by atoms with Crippen molar-refractivity contribution in [3.63, 3.8) is 0 Å². The first-order valence-electron chi connectivity index (χ1n) is 9.29. The molecule has 0 amide bonds. The lowest BCUT2D eigenvalue weighted by Gasteiger charge is -2.14. The summed E-state index contributed by atoms with van der Waals surface area (Å²) in [7, 11) is 0. The third-order valence-electron chi connectivity index (χ3n) is 4.40. The molecular formula is C22H25ClO5. The van der Waals surface area contributed by atoms with E-state index in [9.17, 15) is 14.7 Å². The molecule has 2 rings (SSSR count). The van der Waals surface area contributed by atoms with Gasteiger partial charge in [-0.05, 0) is 43.5 Å². The fourth-order valence-electron chi connectivity index (χ4n) is 2.91. The van der Waals surface area contributed by atoms with Gasteiger partial charge in [0.25, 0.3) is 0 Å². The summed E-state index contributed by atoms with van der Waals surface area (Å²) in [6.45, 7) is 0.0926. The molecule has 0 saturated carbocycles. The molecule has 2 N–H and O–H groups in total. The molecule has 1 aromatic rings. The van der Waals surface area contributed by atoms with Gasteiger partial charge < -0.3 is 14.9 Å². The van der Waals surface area contributed by atoms with Crippen molar-refractivity contribution in [2.24, 2.45) is 11.8 Å². The van der Waals surface area contributed by atoms with Crippen LogP contribution in [0.3, 0.4) is 0 Å². The number of ketones is 1. The Balaban J connectivity index is 1.78. The zero-order valence-electron chi connectivity index (χ0n) is 15.5. The van der Waals surface area contributed by atoms with Crippen molar-refractivity contribution in [3.05, 3.63) is 65.7 Å². The van der Waals surface area contributed by atoms with Crippen LogP contribution in [0.1, 0.15) is 25.7 Å². The van der Waals surface area contributed by atoms with E-state index in [1.807, 2.05) is 24.3 Å². The van der Waals surface area contributed by atoms with Gasteiger partial charge in [-0.1, -0.05) is 48.0 Å². The number of ether oxygens (including phenoxy) is 1. The van der Waals surface area contributed by atoms with Crippen molar-refractivity contribution >= 4 is 23.4 Å². The van der Waals surface area contributed by atoms with E-state index in [1.54, 1.807) is 36.4 Å². The Morgan fingerprint density at radius 1 is 1.32 bits per heavy atom. The van der Waals surface area contributed by atoms with E-state index in [0.29, 0.717) is 30.0 Å². The van der Waals surface area contributed by atoms with Crippen molar-refractivity contribution in [1.29, 1.82) is 0 Å². The minimum absolute atomic E-state index is 0.0644. The average Bonchev–Trinajstić information content (AvgIpc) is 3.01. The fourth-order valence-corrected chi connectivity index (χ4v) is 3.09. The van der Waals surface area contributed by atoms with Crippen LogP contribution in [-0.4, -0.2) is 34.7 Å². The number of benzene rings is 1. The van der Waals surface area contributed by atoms with E-state index in [2.05, 4.69) is 0 Å². The minimum atomic E-state index is -0.799. The Labute approximate surface area is 170 Å². The van der Waals surface area contributed by atoms with E-state index in [1.165, 1.54) is 0 Å². The summed E-state index contributed by atoms with van der Waals surface area (Å²) < 4.78 is 5.51. The first-order valence-corrected chi connectivity index (χ1v) is 9.67. The molecule has 0 saturated heterocycles. The predicted molar refractivity (Wildman–Crippen MR) is 108 cm³/mol. The lowest BCUT2D eigenvalue weighted by Crippen LogP contribution is -2.17. The number of carboxylic acids is 1. The number of carbonyl (C=O) groups excluding carboxylic acids is 1. The molecule has 0 aromatic heterocycles. The van der Waals surface area contributed by atoms with Crippen LogP contribution in [0.25, 0.3) is 0 Å². The summed E-state index contributed by atoms with van der Waals surface area (Å²) in [4.78, 5) is 22.5. The number of aliphatic hydroxyl groups excluding tert-OH is 1. The number of hydrogen-bond acceptors (Lipinski definition) is 4. The summed E-state index contributed by atoms with van der Waals surface area (Å²) >= 11 is 5.89. The maximum atomic E-state index is 12.0. The fraction of sp³-hybridized carbons (Fsp3) is 0.364. The molecule has 0 aliphatic heterocycles. The molecule has 0 bridgehead atoms. The number of unbranched alkanes of at least 4 members (excludes halogenated alkanes) is 1. The smallest absolute Gasteiger partial charge is 0.303 e. The SMILES string of the molecule is O=C(O)CCCC=CC[C@H]1C(=O)C=C[C@@H]1C=CC(O)COc1cccc(Cl)c1. The molecule has 0 heterocycles. The third-order valence-corrected chi connectivity index (χ3v) is 4.64. The second-order valence-electron chi connectivity index (χ2n) is 6.66. The molecule has 6 heteroatoms. The van der Waals surface area contributed by atoms with E-state index in [0.717, 1.165) is 0 Å². The lowest BCUT2D eigenvalue weighted by molar-refractivity contribution is -0.137. The van der Waals surface area contributed by atoms with Gasteiger partial charge >= 0.3 is 5.97 Å². The van der Waals surface area contributed by atoms with Crippen LogP contribution in [0, 0.1) is 11.8 Å². The van der Waals surface area contributed by atoms with E-state index in [-0.39, 0.29) is 30.6 Å². The van der Waals surface area contributed by atoms with Crippen molar-refractivity contribution in [2.45, 2.75) is 31.8 Å². The van der Waals surface area contributed by atoms with Crippen LogP contribution in [-0.2, 0) is 9.59 Å². The van der Waals surface area contributed by atoms with Crippen molar-refractivity contribution in [3.8, 4) is 5.75 Å². The summed E-state index contributed by atoms with van der Waals surface area (Å²) in [5.41, 5.74) is 0. The van der Waals surface area contributed by atoms with Gasteiger partial charge in [-0.15, -0.1) is 0 Å². The van der Waals surface area contributed by atoms with Gasteiger partial charge in [0, 0.05) is 23.3 Å². The number of allylic oxidation sites excluding steroid dienone is 5. The standard InChI is InChI=1S/C22H25ClO5/c23-17-6-5-7-19(14-17)28-15-18(24)12-10-16-11-13-21(25)20(16)8-3-1-2-4-9-22(26)27/h1,3,5-7,10-14,16,18,20,24H,2,4,8-9,15H2,(H,26,27)/t16-,18?,20+/m0/s1. The predicted octanol–water partition coefficient (Wildman–Crippen LogP) is 4.21. The maximum absolute atomic E-state index is 12.0. The highest BCUT2D eigenvalue weighted by molar-refractivity contribution is 6.30. The quantitative estimate of drug-likeness (QED) is 0.426. The van der Waals surface area contributed by atoms with Crippen LogP contribution >= 0.6 is 11.6 Å².